The zero-order valence-electron chi connectivity index (χ0n) is 12.4. The van der Waals surface area contributed by atoms with E-state index in [2.05, 4.69) is 0 Å². The van der Waals surface area contributed by atoms with Gasteiger partial charge in [0.05, 0.1) is 18.4 Å². The summed E-state index contributed by atoms with van der Waals surface area (Å²) >= 11 is 1.58. The molecule has 0 radical (unpaired) electrons. The molecule has 0 bridgehead atoms. The molecule has 2 aliphatic rings. The van der Waals surface area contributed by atoms with Crippen molar-refractivity contribution in [3.8, 4) is 0 Å². The molecule has 3 rings (SSSR count). The van der Waals surface area contributed by atoms with E-state index in [0.29, 0.717) is 19.4 Å². The van der Waals surface area contributed by atoms with Crippen LogP contribution in [-0.2, 0) is 20.9 Å². The Hall–Kier alpha value is -1.95. The maximum Gasteiger partial charge on any atom is 0.242 e. The van der Waals surface area contributed by atoms with E-state index in [1.165, 1.54) is 0 Å². The Kier molecular flexibility index (Phi) is 4.11. The van der Waals surface area contributed by atoms with Crippen molar-refractivity contribution < 1.29 is 14.4 Å². The van der Waals surface area contributed by atoms with Crippen LogP contribution in [0, 0.1) is 11.8 Å². The van der Waals surface area contributed by atoms with Gasteiger partial charge in [-0.05, 0) is 24.3 Å². The average molecular weight is 318 g/mol. The Morgan fingerprint density at radius 2 is 1.91 bits per heavy atom. The summed E-state index contributed by atoms with van der Waals surface area (Å²) in [6.07, 6.45) is 5.09. The number of rotatable bonds is 4. The van der Waals surface area contributed by atoms with Crippen LogP contribution in [0.4, 0.5) is 0 Å². The molecule has 1 fully saturated rings. The van der Waals surface area contributed by atoms with Crippen LogP contribution < -0.4 is 0 Å². The van der Waals surface area contributed by atoms with Crippen molar-refractivity contribution in [2.45, 2.75) is 19.4 Å². The molecule has 1 aliphatic heterocycles. The third-order valence-electron chi connectivity index (χ3n) is 4.29. The summed E-state index contributed by atoms with van der Waals surface area (Å²) in [5.74, 6) is -1.14. The van der Waals surface area contributed by atoms with Gasteiger partial charge in [0.15, 0.2) is 0 Å². The Morgan fingerprint density at radius 1 is 1.27 bits per heavy atom. The summed E-state index contributed by atoms with van der Waals surface area (Å²) in [6, 6.07) is 3.89. The highest BCUT2D eigenvalue weighted by molar-refractivity contribution is 7.09. The van der Waals surface area contributed by atoms with Crippen LogP contribution in [0.5, 0.6) is 0 Å². The molecule has 0 saturated carbocycles. The lowest BCUT2D eigenvalue weighted by atomic mass is 9.85. The van der Waals surface area contributed by atoms with Crippen LogP contribution in [0.25, 0.3) is 0 Å². The standard InChI is InChI=1S/C16H18N2O3S/c1-17(9-11-5-4-8-22-11)14(19)10-18-15(20)12-6-2-3-7-13(12)16(18)21/h2-5,8,12-13H,6-7,9-10H2,1H3/t12-,13+. The number of nitrogens with zero attached hydrogens (tertiary/aromatic N) is 2. The zero-order valence-corrected chi connectivity index (χ0v) is 13.2. The molecule has 0 aromatic carbocycles. The van der Waals surface area contributed by atoms with E-state index in [-0.39, 0.29) is 36.1 Å². The number of fused-ring (bicyclic) bond motifs is 1. The number of likely N-dealkylation sites (N-methyl/N-ethyl adjacent to an activating group) is 1. The Bertz CT molecular complexity index is 597. The van der Waals surface area contributed by atoms with E-state index in [1.54, 1.807) is 23.3 Å². The molecule has 1 saturated heterocycles. The first-order chi connectivity index (χ1) is 10.6. The van der Waals surface area contributed by atoms with Crippen LogP contribution in [0.1, 0.15) is 17.7 Å². The molecule has 1 aromatic rings. The third kappa shape index (κ3) is 2.70. The second kappa shape index (κ2) is 6.04. The SMILES string of the molecule is CN(Cc1cccs1)C(=O)CN1C(=O)[C@H]2CC=CC[C@H]2C1=O. The second-order valence-corrected chi connectivity index (χ2v) is 6.78. The number of amides is 3. The van der Waals surface area contributed by atoms with E-state index in [1.807, 2.05) is 29.7 Å². The van der Waals surface area contributed by atoms with Gasteiger partial charge in [0.2, 0.25) is 17.7 Å². The van der Waals surface area contributed by atoms with E-state index < -0.39 is 0 Å². The molecule has 5 nitrogen and oxygen atoms in total. The van der Waals surface area contributed by atoms with Crippen LogP contribution >= 0.6 is 11.3 Å². The van der Waals surface area contributed by atoms with Crippen LogP contribution in [-0.4, -0.2) is 41.1 Å². The van der Waals surface area contributed by atoms with Gasteiger partial charge in [0, 0.05) is 11.9 Å². The molecule has 2 atom stereocenters. The monoisotopic (exact) mass is 318 g/mol. The second-order valence-electron chi connectivity index (χ2n) is 5.75. The number of imide groups is 1. The fourth-order valence-corrected chi connectivity index (χ4v) is 3.76. The van der Waals surface area contributed by atoms with Crippen molar-refractivity contribution >= 4 is 29.1 Å². The van der Waals surface area contributed by atoms with Gasteiger partial charge < -0.3 is 4.90 Å². The number of hydrogen-bond acceptors (Lipinski definition) is 4. The lowest BCUT2D eigenvalue weighted by Crippen LogP contribution is -2.41. The van der Waals surface area contributed by atoms with Gasteiger partial charge in [-0.25, -0.2) is 0 Å². The van der Waals surface area contributed by atoms with Gasteiger partial charge >= 0.3 is 0 Å². The first-order valence-corrected chi connectivity index (χ1v) is 8.22. The van der Waals surface area contributed by atoms with Gasteiger partial charge in [0.1, 0.15) is 6.54 Å². The number of allylic oxidation sites excluding steroid dienone is 2. The molecule has 22 heavy (non-hydrogen) atoms. The van der Waals surface area contributed by atoms with Crippen molar-refractivity contribution in [2.24, 2.45) is 11.8 Å². The van der Waals surface area contributed by atoms with Crippen molar-refractivity contribution in [3.63, 3.8) is 0 Å². The minimum Gasteiger partial charge on any atom is -0.339 e. The Labute approximate surface area is 133 Å². The number of likely N-dealkylation sites (tertiary alicyclic amines) is 1. The molecule has 116 valence electrons. The van der Waals surface area contributed by atoms with Crippen LogP contribution in [0.15, 0.2) is 29.7 Å². The lowest BCUT2D eigenvalue weighted by Gasteiger charge is -2.20. The van der Waals surface area contributed by atoms with Gasteiger partial charge in [0.25, 0.3) is 0 Å². The predicted molar refractivity (Wildman–Crippen MR) is 82.9 cm³/mol. The highest BCUT2D eigenvalue weighted by Gasteiger charge is 2.47. The van der Waals surface area contributed by atoms with Crippen molar-refractivity contribution in [3.05, 3.63) is 34.5 Å². The van der Waals surface area contributed by atoms with Crippen LogP contribution in [0.3, 0.4) is 0 Å². The first kappa shape index (κ1) is 15.0. The Balaban J connectivity index is 1.64. The molecule has 2 heterocycles. The smallest absolute Gasteiger partial charge is 0.242 e. The molecule has 0 spiro atoms. The molecule has 1 aliphatic carbocycles. The van der Waals surface area contributed by atoms with E-state index in [9.17, 15) is 14.4 Å². The molecular formula is C16H18N2O3S. The molecule has 0 N–H and O–H groups in total. The maximum atomic E-state index is 12.3. The summed E-state index contributed by atoms with van der Waals surface area (Å²) < 4.78 is 0. The minimum absolute atomic E-state index is 0.146. The van der Waals surface area contributed by atoms with Crippen molar-refractivity contribution in [2.75, 3.05) is 13.6 Å². The van der Waals surface area contributed by atoms with Crippen molar-refractivity contribution in [1.82, 2.24) is 9.80 Å². The molecule has 0 unspecified atom stereocenters. The lowest BCUT2D eigenvalue weighted by molar-refractivity contribution is -0.146. The summed E-state index contributed by atoms with van der Waals surface area (Å²) in [5, 5.41) is 1.96. The minimum atomic E-state index is -0.270. The largest absolute Gasteiger partial charge is 0.339 e. The van der Waals surface area contributed by atoms with Gasteiger partial charge in [-0.3, -0.25) is 19.3 Å². The topological polar surface area (TPSA) is 57.7 Å². The average Bonchev–Trinajstić information content (AvgIpc) is 3.10. The highest BCUT2D eigenvalue weighted by atomic mass is 32.1. The maximum absolute atomic E-state index is 12.3. The highest BCUT2D eigenvalue weighted by Crippen LogP contribution is 2.34. The summed E-state index contributed by atoms with van der Waals surface area (Å²) in [7, 11) is 1.70. The van der Waals surface area contributed by atoms with E-state index in [0.717, 1.165) is 9.78 Å². The van der Waals surface area contributed by atoms with E-state index >= 15 is 0 Å². The van der Waals surface area contributed by atoms with Gasteiger partial charge in [-0.2, -0.15) is 0 Å². The van der Waals surface area contributed by atoms with Gasteiger partial charge in [-0.1, -0.05) is 18.2 Å². The third-order valence-corrected chi connectivity index (χ3v) is 5.15. The normalized spacial score (nSPS) is 23.8. The zero-order chi connectivity index (χ0) is 15.7. The molecule has 1 aromatic heterocycles. The first-order valence-electron chi connectivity index (χ1n) is 7.34. The Morgan fingerprint density at radius 3 is 2.45 bits per heavy atom. The number of carbonyl (C=O) groups is 3. The van der Waals surface area contributed by atoms with Crippen molar-refractivity contribution in [1.29, 1.82) is 0 Å². The predicted octanol–water partition coefficient (Wildman–Crippen LogP) is 1.66. The fourth-order valence-electron chi connectivity index (χ4n) is 3.01. The molecular weight excluding hydrogens is 300 g/mol. The number of hydrogen-bond donors (Lipinski definition) is 0. The summed E-state index contributed by atoms with van der Waals surface area (Å²) in [4.78, 5) is 40.7. The van der Waals surface area contributed by atoms with E-state index in [4.69, 9.17) is 0 Å². The van der Waals surface area contributed by atoms with Gasteiger partial charge in [-0.15, -0.1) is 11.3 Å². The number of thiophene rings is 1. The van der Waals surface area contributed by atoms with Crippen LogP contribution in [0.2, 0.25) is 0 Å². The summed E-state index contributed by atoms with van der Waals surface area (Å²) in [5.41, 5.74) is 0. The number of carbonyl (C=O) groups excluding carboxylic acids is 3. The molecule has 3 amide bonds. The fraction of sp³-hybridized carbons (Fsp3) is 0.438. The summed E-state index contributed by atoms with van der Waals surface area (Å²) in [6.45, 7) is 0.355. The quantitative estimate of drug-likeness (QED) is 0.627. The molecule has 6 heteroatoms.